The highest BCUT2D eigenvalue weighted by molar-refractivity contribution is 6.32. The molecule has 0 aliphatic carbocycles. The maximum absolute atomic E-state index is 12.1. The predicted molar refractivity (Wildman–Crippen MR) is 100 cm³/mol. The molecular formula is C19H19ClN2O5. The number of aromatic amines is 1. The first kappa shape index (κ1) is 20.3. The van der Waals surface area contributed by atoms with Crippen LogP contribution in [0.1, 0.15) is 25.1 Å². The first-order valence-electron chi connectivity index (χ1n) is 8.17. The molecule has 1 heterocycles. The van der Waals surface area contributed by atoms with Crippen LogP contribution in [0.5, 0.6) is 11.5 Å². The number of rotatable bonds is 6. The number of nitrogens with one attached hydrogen (secondary N) is 1. The van der Waals surface area contributed by atoms with Crippen molar-refractivity contribution in [2.45, 2.75) is 26.9 Å². The van der Waals surface area contributed by atoms with Crippen molar-refractivity contribution < 1.29 is 19.0 Å². The average molecular weight is 391 g/mol. The number of nitrogens with zero attached hydrogens (tertiary/aromatic N) is 1. The Bertz CT molecular complexity index is 962. The first-order chi connectivity index (χ1) is 12.8. The van der Waals surface area contributed by atoms with Crippen LogP contribution in [0, 0.1) is 18.3 Å². The van der Waals surface area contributed by atoms with E-state index in [1.807, 2.05) is 6.07 Å². The topological polar surface area (TPSA) is 101 Å². The number of benzene rings is 1. The van der Waals surface area contributed by atoms with Crippen molar-refractivity contribution in [1.29, 1.82) is 5.26 Å². The largest absolute Gasteiger partial charge is 0.490 e. The third kappa shape index (κ3) is 4.41. The number of hydrogen-bond acceptors (Lipinski definition) is 6. The van der Waals surface area contributed by atoms with Crippen LogP contribution in [0.2, 0.25) is 5.02 Å². The van der Waals surface area contributed by atoms with Gasteiger partial charge in [0.2, 0.25) is 0 Å². The Morgan fingerprint density at radius 3 is 2.67 bits per heavy atom. The molecule has 27 heavy (non-hydrogen) atoms. The summed E-state index contributed by atoms with van der Waals surface area (Å²) in [7, 11) is 1.26. The molecule has 0 amide bonds. The molecular weight excluding hydrogens is 372 g/mol. The summed E-state index contributed by atoms with van der Waals surface area (Å²) in [4.78, 5) is 26.3. The molecule has 0 radical (unpaired) electrons. The van der Waals surface area contributed by atoms with Gasteiger partial charge in [0.15, 0.2) is 17.6 Å². The molecule has 0 saturated heterocycles. The Kier molecular flexibility index (Phi) is 6.48. The van der Waals surface area contributed by atoms with E-state index in [0.717, 1.165) is 0 Å². The normalized spacial score (nSPS) is 11.4. The van der Waals surface area contributed by atoms with Crippen molar-refractivity contribution in [3.8, 4) is 28.7 Å². The van der Waals surface area contributed by atoms with Crippen molar-refractivity contribution in [1.82, 2.24) is 4.98 Å². The van der Waals surface area contributed by atoms with E-state index in [0.29, 0.717) is 23.4 Å². The number of esters is 1. The Balaban J connectivity index is 2.62. The summed E-state index contributed by atoms with van der Waals surface area (Å²) in [6.45, 7) is 5.35. The molecule has 0 saturated carbocycles. The van der Waals surface area contributed by atoms with Gasteiger partial charge in [0, 0.05) is 11.3 Å². The lowest BCUT2D eigenvalue weighted by Gasteiger charge is -2.18. The summed E-state index contributed by atoms with van der Waals surface area (Å²) in [6, 6.07) is 6.76. The zero-order valence-corrected chi connectivity index (χ0v) is 16.1. The van der Waals surface area contributed by atoms with Crippen LogP contribution < -0.4 is 15.0 Å². The number of carbonyl (C=O) groups is 1. The molecule has 1 aromatic heterocycles. The molecule has 142 valence electrons. The van der Waals surface area contributed by atoms with E-state index >= 15 is 0 Å². The van der Waals surface area contributed by atoms with Gasteiger partial charge in [-0.1, -0.05) is 11.6 Å². The molecule has 0 aliphatic heterocycles. The van der Waals surface area contributed by atoms with Gasteiger partial charge in [-0.3, -0.25) is 4.79 Å². The number of H-pyrrole nitrogens is 1. The Morgan fingerprint density at radius 2 is 2.07 bits per heavy atom. The van der Waals surface area contributed by atoms with E-state index in [4.69, 9.17) is 21.1 Å². The highest BCUT2D eigenvalue weighted by Crippen LogP contribution is 2.40. The minimum absolute atomic E-state index is 0.0317. The number of methoxy groups -OCH3 is 1. The Labute approximate surface area is 161 Å². The second-order valence-electron chi connectivity index (χ2n) is 5.68. The molecule has 0 spiro atoms. The number of pyridine rings is 1. The standard InChI is InChI=1S/C19H19ClN2O5/c1-5-26-16-8-12(13-6-10(2)22-18(23)14(13)9-21)7-15(20)17(16)27-11(3)19(24)25-4/h6-8,11H,5H2,1-4H3,(H,22,23). The number of halogens is 1. The van der Waals surface area contributed by atoms with Gasteiger partial charge in [0.1, 0.15) is 11.6 Å². The molecule has 0 fully saturated rings. The zero-order valence-electron chi connectivity index (χ0n) is 15.4. The summed E-state index contributed by atoms with van der Waals surface area (Å²) in [5.74, 6) is -0.0904. The highest BCUT2D eigenvalue weighted by Gasteiger charge is 2.22. The predicted octanol–water partition coefficient (Wildman–Crippen LogP) is 3.21. The fourth-order valence-electron chi connectivity index (χ4n) is 2.52. The zero-order chi connectivity index (χ0) is 20.1. The van der Waals surface area contributed by atoms with Crippen molar-refractivity contribution in [2.24, 2.45) is 0 Å². The Morgan fingerprint density at radius 1 is 1.37 bits per heavy atom. The summed E-state index contributed by atoms with van der Waals surface area (Å²) < 4.78 is 15.9. The lowest BCUT2D eigenvalue weighted by molar-refractivity contribution is -0.147. The maximum atomic E-state index is 12.1. The van der Waals surface area contributed by atoms with E-state index in [1.165, 1.54) is 14.0 Å². The van der Waals surface area contributed by atoms with Gasteiger partial charge in [-0.2, -0.15) is 5.26 Å². The second kappa shape index (κ2) is 8.60. The third-order valence-corrected chi connectivity index (χ3v) is 4.01. The molecule has 1 unspecified atom stereocenters. The van der Waals surface area contributed by atoms with E-state index in [1.54, 1.807) is 32.0 Å². The van der Waals surface area contributed by atoms with E-state index < -0.39 is 17.6 Å². The number of aryl methyl sites for hydroxylation is 1. The summed E-state index contributed by atoms with van der Waals surface area (Å²) in [5.41, 5.74) is 1.03. The minimum atomic E-state index is -0.894. The fraction of sp³-hybridized carbons (Fsp3) is 0.316. The Hall–Kier alpha value is -2.98. The van der Waals surface area contributed by atoms with Crippen molar-refractivity contribution >= 4 is 17.6 Å². The van der Waals surface area contributed by atoms with Gasteiger partial charge >= 0.3 is 5.97 Å². The van der Waals surface area contributed by atoms with Crippen LogP contribution in [0.25, 0.3) is 11.1 Å². The van der Waals surface area contributed by atoms with Gasteiger partial charge < -0.3 is 19.2 Å². The lowest BCUT2D eigenvalue weighted by Crippen LogP contribution is -2.25. The highest BCUT2D eigenvalue weighted by atomic mass is 35.5. The number of hydrogen-bond donors (Lipinski definition) is 1. The maximum Gasteiger partial charge on any atom is 0.346 e. The smallest absolute Gasteiger partial charge is 0.346 e. The number of aromatic nitrogens is 1. The monoisotopic (exact) mass is 390 g/mol. The summed E-state index contributed by atoms with van der Waals surface area (Å²) in [5, 5.41) is 9.52. The van der Waals surface area contributed by atoms with Gasteiger partial charge in [-0.15, -0.1) is 0 Å². The van der Waals surface area contributed by atoms with Crippen molar-refractivity contribution in [3.05, 3.63) is 44.8 Å². The van der Waals surface area contributed by atoms with E-state index in [9.17, 15) is 14.9 Å². The van der Waals surface area contributed by atoms with Crippen LogP contribution in [-0.2, 0) is 9.53 Å². The number of carbonyl (C=O) groups excluding carboxylic acids is 1. The molecule has 2 rings (SSSR count). The molecule has 0 bridgehead atoms. The summed E-state index contributed by atoms with van der Waals surface area (Å²) >= 11 is 6.36. The molecule has 2 aromatic rings. The molecule has 7 nitrogen and oxygen atoms in total. The van der Waals surface area contributed by atoms with Gasteiger partial charge in [0.25, 0.3) is 5.56 Å². The molecule has 8 heteroatoms. The van der Waals surface area contributed by atoms with Crippen molar-refractivity contribution in [2.75, 3.05) is 13.7 Å². The average Bonchev–Trinajstić information content (AvgIpc) is 2.62. The minimum Gasteiger partial charge on any atom is -0.490 e. The molecule has 0 aliphatic rings. The van der Waals surface area contributed by atoms with Crippen LogP contribution in [-0.4, -0.2) is 30.8 Å². The fourth-order valence-corrected chi connectivity index (χ4v) is 2.77. The van der Waals surface area contributed by atoms with Crippen LogP contribution >= 0.6 is 11.6 Å². The van der Waals surface area contributed by atoms with Crippen LogP contribution in [0.3, 0.4) is 0 Å². The number of nitriles is 1. The van der Waals surface area contributed by atoms with E-state index in [-0.39, 0.29) is 22.1 Å². The lowest BCUT2D eigenvalue weighted by atomic mass is 10.0. The number of ether oxygens (including phenoxy) is 3. The van der Waals surface area contributed by atoms with Gasteiger partial charge in [0.05, 0.1) is 18.7 Å². The summed E-state index contributed by atoms with van der Waals surface area (Å²) in [6.07, 6.45) is -0.894. The SMILES string of the molecule is CCOc1cc(-c2cc(C)[nH]c(=O)c2C#N)cc(Cl)c1OC(C)C(=O)OC. The second-order valence-corrected chi connectivity index (χ2v) is 6.09. The van der Waals surface area contributed by atoms with Gasteiger partial charge in [-0.05, 0) is 44.5 Å². The molecule has 1 N–H and O–H groups in total. The molecule has 1 atom stereocenters. The van der Waals surface area contributed by atoms with Crippen LogP contribution in [0.4, 0.5) is 0 Å². The quantitative estimate of drug-likeness (QED) is 0.760. The van der Waals surface area contributed by atoms with Crippen molar-refractivity contribution in [3.63, 3.8) is 0 Å². The first-order valence-corrected chi connectivity index (χ1v) is 8.55. The van der Waals surface area contributed by atoms with E-state index in [2.05, 4.69) is 9.72 Å². The van der Waals surface area contributed by atoms with Crippen LogP contribution in [0.15, 0.2) is 23.0 Å². The van der Waals surface area contributed by atoms with Gasteiger partial charge in [-0.25, -0.2) is 4.79 Å². The molecule has 1 aromatic carbocycles. The third-order valence-electron chi connectivity index (χ3n) is 3.73.